The van der Waals surface area contributed by atoms with E-state index in [0.29, 0.717) is 0 Å². The smallest absolute Gasteiger partial charge is 0.0594 e. The molecule has 0 bridgehead atoms. The van der Waals surface area contributed by atoms with Gasteiger partial charge in [-0.3, -0.25) is 4.90 Å². The fraction of sp³-hybridized carbons (Fsp3) is 1.00. The van der Waals surface area contributed by atoms with Crippen LogP contribution in [-0.4, -0.2) is 43.3 Å². The lowest BCUT2D eigenvalue weighted by Crippen LogP contribution is -2.60. The maximum atomic E-state index is 6.09. The van der Waals surface area contributed by atoms with Gasteiger partial charge in [0.25, 0.3) is 0 Å². The summed E-state index contributed by atoms with van der Waals surface area (Å²) < 4.78 is 5.45. The average Bonchev–Trinajstić information content (AvgIpc) is 2.34. The Morgan fingerprint density at radius 2 is 1.94 bits per heavy atom. The van der Waals surface area contributed by atoms with Crippen LogP contribution in [0.15, 0.2) is 0 Å². The Labute approximate surface area is 99.3 Å². The predicted octanol–water partition coefficient (Wildman–Crippen LogP) is 1.47. The molecule has 94 valence electrons. The van der Waals surface area contributed by atoms with Gasteiger partial charge in [0.1, 0.15) is 0 Å². The lowest BCUT2D eigenvalue weighted by molar-refractivity contribution is -0.0478. The molecule has 0 aromatic heterocycles. The highest BCUT2D eigenvalue weighted by atomic mass is 16.5. The van der Waals surface area contributed by atoms with Gasteiger partial charge in [0.15, 0.2) is 0 Å². The second-order valence-corrected chi connectivity index (χ2v) is 5.73. The first-order chi connectivity index (χ1) is 7.68. The standard InChI is InChI=1S/C13H26N2O/c1-11-3-4-13(10-14,9-12(11)2)15-5-7-16-8-6-15/h11-12H,3-10,14H2,1-2H3. The molecule has 1 saturated heterocycles. The van der Waals surface area contributed by atoms with Crippen LogP contribution in [0, 0.1) is 11.8 Å². The van der Waals surface area contributed by atoms with Crippen LogP contribution in [0.25, 0.3) is 0 Å². The molecule has 0 aromatic rings. The fourth-order valence-corrected chi connectivity index (χ4v) is 3.32. The maximum absolute atomic E-state index is 6.09. The van der Waals surface area contributed by atoms with Gasteiger partial charge >= 0.3 is 0 Å². The van der Waals surface area contributed by atoms with E-state index in [1.165, 1.54) is 19.3 Å². The Balaban J connectivity index is 2.06. The van der Waals surface area contributed by atoms with Crippen LogP contribution in [0.5, 0.6) is 0 Å². The summed E-state index contributed by atoms with van der Waals surface area (Å²) in [5, 5.41) is 0. The highest BCUT2D eigenvalue weighted by Gasteiger charge is 2.41. The van der Waals surface area contributed by atoms with Crippen molar-refractivity contribution >= 4 is 0 Å². The monoisotopic (exact) mass is 226 g/mol. The molecule has 0 amide bonds. The second-order valence-electron chi connectivity index (χ2n) is 5.73. The van der Waals surface area contributed by atoms with Crippen LogP contribution in [0.3, 0.4) is 0 Å². The van der Waals surface area contributed by atoms with E-state index in [9.17, 15) is 0 Å². The van der Waals surface area contributed by atoms with Gasteiger partial charge in [-0.15, -0.1) is 0 Å². The summed E-state index contributed by atoms with van der Waals surface area (Å²) in [6, 6.07) is 0. The summed E-state index contributed by atoms with van der Waals surface area (Å²) in [4.78, 5) is 2.60. The molecule has 1 aliphatic carbocycles. The average molecular weight is 226 g/mol. The van der Waals surface area contributed by atoms with E-state index in [1.54, 1.807) is 0 Å². The number of ether oxygens (including phenoxy) is 1. The first-order valence-corrected chi connectivity index (χ1v) is 6.71. The lowest BCUT2D eigenvalue weighted by Gasteiger charge is -2.50. The van der Waals surface area contributed by atoms with E-state index < -0.39 is 0 Å². The molecule has 2 aliphatic rings. The number of hydrogen-bond donors (Lipinski definition) is 1. The summed E-state index contributed by atoms with van der Waals surface area (Å²) in [6.45, 7) is 9.47. The van der Waals surface area contributed by atoms with E-state index in [-0.39, 0.29) is 5.54 Å². The fourth-order valence-electron chi connectivity index (χ4n) is 3.32. The molecular weight excluding hydrogens is 200 g/mol. The zero-order chi connectivity index (χ0) is 11.6. The maximum Gasteiger partial charge on any atom is 0.0594 e. The topological polar surface area (TPSA) is 38.5 Å². The minimum absolute atomic E-state index is 0.274. The van der Waals surface area contributed by atoms with Crippen molar-refractivity contribution < 1.29 is 4.74 Å². The molecular formula is C13H26N2O. The molecule has 3 unspecified atom stereocenters. The van der Waals surface area contributed by atoms with Crippen LogP contribution in [0.1, 0.15) is 33.1 Å². The molecule has 0 spiro atoms. The Morgan fingerprint density at radius 3 is 2.50 bits per heavy atom. The zero-order valence-electron chi connectivity index (χ0n) is 10.7. The summed E-state index contributed by atoms with van der Waals surface area (Å²) >= 11 is 0. The van der Waals surface area contributed by atoms with E-state index in [1.807, 2.05) is 0 Å². The quantitative estimate of drug-likeness (QED) is 0.775. The van der Waals surface area contributed by atoms with Gasteiger partial charge < -0.3 is 10.5 Å². The van der Waals surface area contributed by atoms with E-state index in [4.69, 9.17) is 10.5 Å². The Bertz CT molecular complexity index is 228. The van der Waals surface area contributed by atoms with Crippen molar-refractivity contribution in [2.24, 2.45) is 17.6 Å². The van der Waals surface area contributed by atoms with Gasteiger partial charge in [0.05, 0.1) is 13.2 Å². The van der Waals surface area contributed by atoms with E-state index in [0.717, 1.165) is 44.7 Å². The molecule has 0 aromatic carbocycles. The summed E-state index contributed by atoms with van der Waals surface area (Å²) in [6.07, 6.45) is 3.87. The number of rotatable bonds is 2. The van der Waals surface area contributed by atoms with Crippen LogP contribution in [0.4, 0.5) is 0 Å². The number of morpholine rings is 1. The van der Waals surface area contributed by atoms with Crippen LogP contribution in [0.2, 0.25) is 0 Å². The molecule has 1 heterocycles. The van der Waals surface area contributed by atoms with Crippen molar-refractivity contribution in [3.8, 4) is 0 Å². The number of nitrogens with zero attached hydrogens (tertiary/aromatic N) is 1. The Kier molecular flexibility index (Phi) is 3.88. The highest BCUT2D eigenvalue weighted by molar-refractivity contribution is 4.97. The Morgan fingerprint density at radius 1 is 1.25 bits per heavy atom. The van der Waals surface area contributed by atoms with Gasteiger partial charge in [0, 0.05) is 25.2 Å². The van der Waals surface area contributed by atoms with Crippen molar-refractivity contribution in [1.82, 2.24) is 4.90 Å². The molecule has 3 heteroatoms. The van der Waals surface area contributed by atoms with Crippen LogP contribution < -0.4 is 5.73 Å². The molecule has 2 fully saturated rings. The summed E-state index contributed by atoms with van der Waals surface area (Å²) in [5.74, 6) is 1.67. The van der Waals surface area contributed by atoms with Crippen molar-refractivity contribution in [3.63, 3.8) is 0 Å². The first kappa shape index (κ1) is 12.3. The third-order valence-corrected chi connectivity index (χ3v) is 4.80. The largest absolute Gasteiger partial charge is 0.379 e. The van der Waals surface area contributed by atoms with Gasteiger partial charge in [-0.2, -0.15) is 0 Å². The van der Waals surface area contributed by atoms with Crippen molar-refractivity contribution in [1.29, 1.82) is 0 Å². The van der Waals surface area contributed by atoms with Crippen molar-refractivity contribution in [2.75, 3.05) is 32.8 Å². The van der Waals surface area contributed by atoms with Gasteiger partial charge in [-0.1, -0.05) is 13.8 Å². The predicted molar refractivity (Wildman–Crippen MR) is 66.4 cm³/mol. The van der Waals surface area contributed by atoms with E-state index >= 15 is 0 Å². The summed E-state index contributed by atoms with van der Waals surface area (Å²) in [7, 11) is 0. The SMILES string of the molecule is CC1CCC(CN)(N2CCOCC2)CC1C. The van der Waals surface area contributed by atoms with Gasteiger partial charge in [-0.25, -0.2) is 0 Å². The zero-order valence-corrected chi connectivity index (χ0v) is 10.7. The molecule has 3 nitrogen and oxygen atoms in total. The van der Waals surface area contributed by atoms with E-state index in [2.05, 4.69) is 18.7 Å². The number of nitrogens with two attached hydrogens (primary N) is 1. The van der Waals surface area contributed by atoms with Gasteiger partial charge in [0.2, 0.25) is 0 Å². The molecule has 3 atom stereocenters. The van der Waals surface area contributed by atoms with Crippen LogP contribution in [-0.2, 0) is 4.74 Å². The minimum atomic E-state index is 0.274. The second kappa shape index (κ2) is 5.03. The molecule has 1 aliphatic heterocycles. The summed E-state index contributed by atoms with van der Waals surface area (Å²) in [5.41, 5.74) is 6.37. The highest BCUT2D eigenvalue weighted by Crippen LogP contribution is 2.39. The first-order valence-electron chi connectivity index (χ1n) is 6.71. The van der Waals surface area contributed by atoms with Crippen molar-refractivity contribution in [3.05, 3.63) is 0 Å². The van der Waals surface area contributed by atoms with Crippen molar-refractivity contribution in [2.45, 2.75) is 38.6 Å². The molecule has 1 saturated carbocycles. The normalized spacial score (nSPS) is 42.2. The van der Waals surface area contributed by atoms with Crippen LogP contribution >= 0.6 is 0 Å². The third kappa shape index (κ3) is 2.27. The Hall–Kier alpha value is -0.120. The minimum Gasteiger partial charge on any atom is -0.379 e. The number of hydrogen-bond acceptors (Lipinski definition) is 3. The lowest BCUT2D eigenvalue weighted by atomic mass is 9.70. The molecule has 2 N–H and O–H groups in total. The molecule has 2 rings (SSSR count). The molecule has 16 heavy (non-hydrogen) atoms. The molecule has 0 radical (unpaired) electrons. The third-order valence-electron chi connectivity index (χ3n) is 4.80. The van der Waals surface area contributed by atoms with Gasteiger partial charge in [-0.05, 0) is 31.1 Å².